The number of nitrogens with one attached hydrogen (secondary N) is 1. The first-order valence-electron chi connectivity index (χ1n) is 3.83. The number of esters is 1. The molecular weight excluding hydrogens is 178 g/mol. The second-order valence-corrected chi connectivity index (χ2v) is 4.05. The predicted octanol–water partition coefficient (Wildman–Crippen LogP) is -0.482. The van der Waals surface area contributed by atoms with Gasteiger partial charge in [-0.25, -0.2) is 0 Å². The van der Waals surface area contributed by atoms with Gasteiger partial charge in [0.1, 0.15) is 0 Å². The maximum absolute atomic E-state index is 10.9. The Balaban J connectivity index is 3.21. The summed E-state index contributed by atoms with van der Waals surface area (Å²) in [5.74, 6) is 0.963. The zero-order chi connectivity index (χ0) is 9.40. The van der Waals surface area contributed by atoms with E-state index in [2.05, 4.69) is 10.1 Å². The molecule has 0 saturated heterocycles. The normalized spacial score (nSPS) is 12.5. The van der Waals surface area contributed by atoms with E-state index in [1.807, 2.05) is 6.92 Å². The van der Waals surface area contributed by atoms with Gasteiger partial charge in [0, 0.05) is 28.9 Å². The van der Waals surface area contributed by atoms with Crippen molar-refractivity contribution in [2.24, 2.45) is 0 Å². The third-order valence-electron chi connectivity index (χ3n) is 1.33. The fourth-order valence-corrected chi connectivity index (χ4v) is 1.25. The summed E-state index contributed by atoms with van der Waals surface area (Å²) in [6, 6.07) is 0. The second-order valence-electron chi connectivity index (χ2n) is 2.19. The molecule has 1 atom stereocenters. The first-order valence-corrected chi connectivity index (χ1v) is 5.32. The van der Waals surface area contributed by atoms with E-state index in [9.17, 15) is 9.00 Å². The summed E-state index contributed by atoms with van der Waals surface area (Å²) in [6.45, 7) is 2.66. The molecule has 0 aromatic heterocycles. The van der Waals surface area contributed by atoms with Crippen LogP contribution in [0, 0.1) is 0 Å². The van der Waals surface area contributed by atoms with Crippen LogP contribution in [0.3, 0.4) is 0 Å². The Kier molecular flexibility index (Phi) is 6.99. The van der Waals surface area contributed by atoms with E-state index in [-0.39, 0.29) is 12.5 Å². The third-order valence-corrected chi connectivity index (χ3v) is 2.63. The molecule has 0 aliphatic carbocycles. The summed E-state index contributed by atoms with van der Waals surface area (Å²) in [6.07, 6.45) is 0. The highest BCUT2D eigenvalue weighted by atomic mass is 32.2. The average Bonchev–Trinajstić information content (AvgIpc) is 2.11. The van der Waals surface area contributed by atoms with Crippen molar-refractivity contribution < 1.29 is 13.7 Å². The van der Waals surface area contributed by atoms with Crippen LogP contribution in [0.5, 0.6) is 0 Å². The number of ether oxygens (including phenoxy) is 1. The van der Waals surface area contributed by atoms with E-state index < -0.39 is 10.8 Å². The van der Waals surface area contributed by atoms with Gasteiger partial charge in [-0.3, -0.25) is 9.00 Å². The molecule has 12 heavy (non-hydrogen) atoms. The molecule has 0 bridgehead atoms. The van der Waals surface area contributed by atoms with Crippen molar-refractivity contribution in [3.8, 4) is 0 Å². The SMILES string of the molecule is CCS(=O)CCNCC(=O)OC. The van der Waals surface area contributed by atoms with E-state index in [0.717, 1.165) is 0 Å². The first kappa shape index (κ1) is 11.6. The number of hydrogen-bond acceptors (Lipinski definition) is 4. The minimum atomic E-state index is -0.758. The van der Waals surface area contributed by atoms with E-state index in [4.69, 9.17) is 0 Å². The first-order chi connectivity index (χ1) is 5.70. The molecule has 5 heteroatoms. The standard InChI is InChI=1S/C7H15NO3S/c1-3-12(10)5-4-8-6-7(9)11-2/h8H,3-6H2,1-2H3. The minimum absolute atomic E-state index is 0.192. The molecule has 0 aromatic carbocycles. The zero-order valence-electron chi connectivity index (χ0n) is 7.46. The van der Waals surface area contributed by atoms with Gasteiger partial charge in [0.2, 0.25) is 0 Å². The maximum atomic E-state index is 10.9. The van der Waals surface area contributed by atoms with Crippen LogP contribution < -0.4 is 5.32 Å². The molecule has 72 valence electrons. The van der Waals surface area contributed by atoms with Gasteiger partial charge in [0.25, 0.3) is 0 Å². The second kappa shape index (κ2) is 7.24. The van der Waals surface area contributed by atoms with Gasteiger partial charge in [-0.2, -0.15) is 0 Å². The molecule has 0 fully saturated rings. The molecule has 0 spiro atoms. The lowest BCUT2D eigenvalue weighted by Gasteiger charge is -2.01. The van der Waals surface area contributed by atoms with Crippen molar-refractivity contribution in [1.82, 2.24) is 5.32 Å². The molecule has 0 rings (SSSR count). The van der Waals surface area contributed by atoms with Crippen molar-refractivity contribution in [1.29, 1.82) is 0 Å². The lowest BCUT2D eigenvalue weighted by atomic mass is 10.6. The summed E-state index contributed by atoms with van der Waals surface area (Å²) >= 11 is 0. The number of carbonyl (C=O) groups excluding carboxylic acids is 1. The van der Waals surface area contributed by atoms with Crippen LogP contribution in [0.4, 0.5) is 0 Å². The fraction of sp³-hybridized carbons (Fsp3) is 0.857. The van der Waals surface area contributed by atoms with Gasteiger partial charge >= 0.3 is 5.97 Å². The van der Waals surface area contributed by atoms with E-state index >= 15 is 0 Å². The Morgan fingerprint density at radius 1 is 1.58 bits per heavy atom. The average molecular weight is 193 g/mol. The van der Waals surface area contributed by atoms with Crippen LogP contribution in [0.1, 0.15) is 6.92 Å². The highest BCUT2D eigenvalue weighted by Gasteiger charge is 1.99. The van der Waals surface area contributed by atoms with Crippen molar-refractivity contribution in [3.05, 3.63) is 0 Å². The Labute approximate surface area is 75.1 Å². The van der Waals surface area contributed by atoms with Crippen LogP contribution >= 0.6 is 0 Å². The highest BCUT2D eigenvalue weighted by molar-refractivity contribution is 7.84. The minimum Gasteiger partial charge on any atom is -0.468 e. The summed E-state index contributed by atoms with van der Waals surface area (Å²) in [5.41, 5.74) is 0. The van der Waals surface area contributed by atoms with Gasteiger partial charge in [-0.15, -0.1) is 0 Å². The van der Waals surface area contributed by atoms with Crippen LogP contribution in [-0.4, -0.2) is 41.9 Å². The Morgan fingerprint density at radius 3 is 2.75 bits per heavy atom. The van der Waals surface area contributed by atoms with E-state index in [0.29, 0.717) is 18.1 Å². The van der Waals surface area contributed by atoms with E-state index in [1.54, 1.807) is 0 Å². The Hall–Kier alpha value is -0.420. The molecular formula is C7H15NO3S. The third kappa shape index (κ3) is 6.30. The molecule has 0 aromatic rings. The molecule has 0 radical (unpaired) electrons. The monoisotopic (exact) mass is 193 g/mol. The molecule has 1 unspecified atom stereocenters. The summed E-state index contributed by atoms with van der Waals surface area (Å²) in [7, 11) is 0.583. The van der Waals surface area contributed by atoms with Crippen LogP contribution in [0.15, 0.2) is 0 Å². The van der Waals surface area contributed by atoms with Crippen molar-refractivity contribution in [2.75, 3.05) is 31.7 Å². The van der Waals surface area contributed by atoms with E-state index in [1.165, 1.54) is 7.11 Å². The smallest absolute Gasteiger partial charge is 0.319 e. The largest absolute Gasteiger partial charge is 0.468 e. The molecule has 1 N–H and O–H groups in total. The highest BCUT2D eigenvalue weighted by Crippen LogP contribution is 1.79. The molecule has 0 saturated carbocycles. The van der Waals surface area contributed by atoms with Crippen LogP contribution in [0.25, 0.3) is 0 Å². The van der Waals surface area contributed by atoms with Crippen molar-refractivity contribution in [3.63, 3.8) is 0 Å². The number of hydrogen-bond donors (Lipinski definition) is 1. The van der Waals surface area contributed by atoms with Crippen molar-refractivity contribution in [2.45, 2.75) is 6.92 Å². The summed E-state index contributed by atoms with van der Waals surface area (Å²) in [4.78, 5) is 10.6. The lowest BCUT2D eigenvalue weighted by Crippen LogP contribution is -2.27. The van der Waals surface area contributed by atoms with Crippen LogP contribution in [-0.2, 0) is 20.3 Å². The lowest BCUT2D eigenvalue weighted by molar-refractivity contribution is -0.139. The van der Waals surface area contributed by atoms with Gasteiger partial charge in [0.05, 0.1) is 13.7 Å². The zero-order valence-corrected chi connectivity index (χ0v) is 8.28. The predicted molar refractivity (Wildman–Crippen MR) is 48.4 cm³/mol. The molecule has 0 amide bonds. The topological polar surface area (TPSA) is 55.4 Å². The summed E-state index contributed by atoms with van der Waals surface area (Å²) < 4.78 is 15.3. The molecule has 0 aliphatic heterocycles. The number of rotatable bonds is 6. The number of carbonyl (C=O) groups is 1. The Bertz CT molecular complexity index is 143. The molecule has 0 aliphatic rings. The summed E-state index contributed by atoms with van der Waals surface area (Å²) in [5, 5.41) is 2.83. The molecule has 4 nitrogen and oxygen atoms in total. The van der Waals surface area contributed by atoms with Crippen LogP contribution in [0.2, 0.25) is 0 Å². The number of methoxy groups -OCH3 is 1. The van der Waals surface area contributed by atoms with Gasteiger partial charge < -0.3 is 10.1 Å². The van der Waals surface area contributed by atoms with Crippen molar-refractivity contribution >= 4 is 16.8 Å². The molecule has 0 heterocycles. The van der Waals surface area contributed by atoms with Gasteiger partial charge in [-0.05, 0) is 0 Å². The maximum Gasteiger partial charge on any atom is 0.319 e. The Morgan fingerprint density at radius 2 is 2.25 bits per heavy atom. The fourth-order valence-electron chi connectivity index (χ4n) is 0.593. The van der Waals surface area contributed by atoms with Gasteiger partial charge in [0.15, 0.2) is 0 Å². The quantitative estimate of drug-likeness (QED) is 0.457. The van der Waals surface area contributed by atoms with Gasteiger partial charge in [-0.1, -0.05) is 6.92 Å².